The largest absolute Gasteiger partial charge is 0.309 e. The molecule has 2 aromatic carbocycles. The topological polar surface area (TPSA) is 90.9 Å². The Morgan fingerprint density at radius 3 is 2.66 bits per heavy atom. The number of nitrogens with zero attached hydrogens (tertiary/aromatic N) is 7. The number of amides is 1. The van der Waals surface area contributed by atoms with Gasteiger partial charge in [-0.3, -0.25) is 9.36 Å². The second kappa shape index (κ2) is 8.50. The number of fused-ring (bicyclic) bond motifs is 1. The first-order valence-corrected chi connectivity index (χ1v) is 10.8. The molecule has 0 spiro atoms. The zero-order chi connectivity index (χ0) is 24.7. The van der Waals surface area contributed by atoms with Gasteiger partial charge in [0.15, 0.2) is 5.82 Å². The summed E-state index contributed by atoms with van der Waals surface area (Å²) in [6, 6.07) is 14.4. The zero-order valence-electron chi connectivity index (χ0n) is 19.1. The van der Waals surface area contributed by atoms with Crippen LogP contribution < -0.4 is 9.80 Å². The maximum atomic E-state index is 13.5. The summed E-state index contributed by atoms with van der Waals surface area (Å²) in [6.45, 7) is 5.83. The van der Waals surface area contributed by atoms with Gasteiger partial charge in [0, 0.05) is 30.7 Å². The lowest BCUT2D eigenvalue weighted by molar-refractivity contribution is -0.119. The van der Waals surface area contributed by atoms with Crippen molar-refractivity contribution in [3.05, 3.63) is 90.7 Å². The summed E-state index contributed by atoms with van der Waals surface area (Å²) in [5, 5.41) is 9.43. The molecule has 1 atom stereocenters. The van der Waals surface area contributed by atoms with Crippen LogP contribution in [0.3, 0.4) is 0 Å². The fraction of sp³-hybridized carbons (Fsp3) is 0.115. The van der Waals surface area contributed by atoms with Crippen molar-refractivity contribution in [2.24, 2.45) is 0 Å². The summed E-state index contributed by atoms with van der Waals surface area (Å²) >= 11 is 0. The van der Waals surface area contributed by atoms with Crippen molar-refractivity contribution in [1.29, 1.82) is 5.26 Å². The van der Waals surface area contributed by atoms with Crippen molar-refractivity contribution in [3.63, 3.8) is 0 Å². The number of nitriles is 1. The van der Waals surface area contributed by atoms with Crippen LogP contribution in [-0.4, -0.2) is 38.5 Å². The first-order chi connectivity index (χ1) is 16.9. The molecule has 0 bridgehead atoms. The fourth-order valence-electron chi connectivity index (χ4n) is 4.13. The summed E-state index contributed by atoms with van der Waals surface area (Å²) in [4.78, 5) is 30.3. The molecular formula is C26H20FN7O. The summed E-state index contributed by atoms with van der Waals surface area (Å²) in [6.07, 6.45) is 4.91. The van der Waals surface area contributed by atoms with Crippen LogP contribution in [0.2, 0.25) is 0 Å². The number of halogens is 1. The Labute approximate surface area is 201 Å². The van der Waals surface area contributed by atoms with Crippen molar-refractivity contribution >= 4 is 23.1 Å². The van der Waals surface area contributed by atoms with E-state index in [2.05, 4.69) is 22.6 Å². The molecule has 4 aromatic rings. The van der Waals surface area contributed by atoms with E-state index in [4.69, 9.17) is 4.98 Å². The molecule has 0 radical (unpaired) electrons. The Bertz CT molecular complexity index is 1500. The Kier molecular flexibility index (Phi) is 5.34. The molecule has 35 heavy (non-hydrogen) atoms. The number of carbonyl (C=O) groups is 1. The number of likely N-dealkylation sites (N-methyl/N-ethyl adjacent to an activating group) is 1. The molecule has 1 aliphatic rings. The molecule has 0 N–H and O–H groups in total. The van der Waals surface area contributed by atoms with E-state index >= 15 is 0 Å². The monoisotopic (exact) mass is 465 g/mol. The summed E-state index contributed by atoms with van der Waals surface area (Å²) < 4.78 is 15.2. The number of carbonyl (C=O) groups excluding carboxylic acids is 1. The lowest BCUT2D eigenvalue weighted by atomic mass is 10.0. The molecule has 0 saturated heterocycles. The van der Waals surface area contributed by atoms with Crippen LogP contribution in [0.4, 0.5) is 21.6 Å². The highest BCUT2D eigenvalue weighted by Crippen LogP contribution is 2.40. The molecule has 8 nitrogen and oxygen atoms in total. The van der Waals surface area contributed by atoms with E-state index in [9.17, 15) is 14.4 Å². The SMILES string of the molecule is C=C(C)[C@H]1C(=O)N(C)c2cnc(-n3ccnc3-c3ccc(F)cc3)nc2N1c1cccc(C#N)c1. The summed E-state index contributed by atoms with van der Waals surface area (Å²) in [5.41, 5.74) is 2.93. The molecular weight excluding hydrogens is 445 g/mol. The van der Waals surface area contributed by atoms with Gasteiger partial charge in [-0.1, -0.05) is 12.6 Å². The van der Waals surface area contributed by atoms with E-state index in [-0.39, 0.29) is 11.7 Å². The molecule has 5 rings (SSSR count). The number of hydrogen-bond acceptors (Lipinski definition) is 6. The number of anilines is 3. The predicted molar refractivity (Wildman–Crippen MR) is 130 cm³/mol. The van der Waals surface area contributed by atoms with Gasteiger partial charge in [0.05, 0.1) is 17.8 Å². The minimum Gasteiger partial charge on any atom is -0.309 e. The fourth-order valence-corrected chi connectivity index (χ4v) is 4.13. The van der Waals surface area contributed by atoms with Crippen molar-refractivity contribution in [3.8, 4) is 23.4 Å². The number of benzene rings is 2. The Morgan fingerprint density at radius 2 is 1.94 bits per heavy atom. The average molecular weight is 465 g/mol. The average Bonchev–Trinajstić information content (AvgIpc) is 3.36. The van der Waals surface area contributed by atoms with E-state index in [1.54, 1.807) is 72.4 Å². The third-order valence-corrected chi connectivity index (χ3v) is 5.83. The van der Waals surface area contributed by atoms with Gasteiger partial charge >= 0.3 is 0 Å². The molecule has 0 unspecified atom stereocenters. The molecule has 0 fully saturated rings. The van der Waals surface area contributed by atoms with Crippen molar-refractivity contribution in [2.75, 3.05) is 16.8 Å². The van der Waals surface area contributed by atoms with Gasteiger partial charge in [-0.25, -0.2) is 14.4 Å². The van der Waals surface area contributed by atoms with Crippen LogP contribution in [0, 0.1) is 17.1 Å². The minimum absolute atomic E-state index is 0.182. The maximum Gasteiger partial charge on any atom is 0.254 e. The Balaban J connectivity index is 1.70. The van der Waals surface area contributed by atoms with E-state index in [0.717, 1.165) is 0 Å². The van der Waals surface area contributed by atoms with Gasteiger partial charge in [0.2, 0.25) is 5.95 Å². The van der Waals surface area contributed by atoms with Crippen LogP contribution in [0.15, 0.2) is 79.3 Å². The molecule has 0 saturated carbocycles. The van der Waals surface area contributed by atoms with Gasteiger partial charge < -0.3 is 9.80 Å². The molecule has 3 heterocycles. The highest BCUT2D eigenvalue weighted by molar-refractivity contribution is 6.07. The summed E-state index contributed by atoms with van der Waals surface area (Å²) in [7, 11) is 1.67. The second-order valence-electron chi connectivity index (χ2n) is 8.18. The van der Waals surface area contributed by atoms with Crippen LogP contribution in [-0.2, 0) is 4.79 Å². The first kappa shape index (κ1) is 22.0. The van der Waals surface area contributed by atoms with Gasteiger partial charge in [-0.15, -0.1) is 0 Å². The van der Waals surface area contributed by atoms with E-state index in [0.29, 0.717) is 45.7 Å². The molecule has 9 heteroatoms. The Morgan fingerprint density at radius 1 is 1.17 bits per heavy atom. The van der Waals surface area contributed by atoms with Gasteiger partial charge in [-0.05, 0) is 55.0 Å². The van der Waals surface area contributed by atoms with Gasteiger partial charge in [0.1, 0.15) is 23.4 Å². The smallest absolute Gasteiger partial charge is 0.254 e. The molecule has 172 valence electrons. The lowest BCUT2D eigenvalue weighted by Gasteiger charge is -2.40. The van der Waals surface area contributed by atoms with Crippen LogP contribution in [0.1, 0.15) is 12.5 Å². The normalized spacial score (nSPS) is 15.0. The zero-order valence-corrected chi connectivity index (χ0v) is 19.1. The third-order valence-electron chi connectivity index (χ3n) is 5.83. The summed E-state index contributed by atoms with van der Waals surface area (Å²) in [5.74, 6) is 0.827. The third kappa shape index (κ3) is 3.71. The predicted octanol–water partition coefficient (Wildman–Crippen LogP) is 4.40. The second-order valence-corrected chi connectivity index (χ2v) is 8.18. The first-order valence-electron chi connectivity index (χ1n) is 10.8. The van der Waals surface area contributed by atoms with Crippen molar-refractivity contribution in [2.45, 2.75) is 13.0 Å². The molecule has 2 aromatic heterocycles. The Hall–Kier alpha value is -4.84. The van der Waals surface area contributed by atoms with E-state index < -0.39 is 6.04 Å². The number of imidazole rings is 1. The lowest BCUT2D eigenvalue weighted by Crippen LogP contribution is -2.51. The number of rotatable bonds is 4. The van der Waals surface area contributed by atoms with E-state index in [1.165, 1.54) is 17.0 Å². The number of hydrogen-bond donors (Lipinski definition) is 0. The van der Waals surface area contributed by atoms with Gasteiger partial charge in [0.25, 0.3) is 5.91 Å². The van der Waals surface area contributed by atoms with Crippen molar-refractivity contribution < 1.29 is 9.18 Å². The minimum atomic E-state index is -0.719. The van der Waals surface area contributed by atoms with Gasteiger partial charge in [-0.2, -0.15) is 10.2 Å². The van der Waals surface area contributed by atoms with Crippen LogP contribution in [0.5, 0.6) is 0 Å². The van der Waals surface area contributed by atoms with Crippen molar-refractivity contribution in [1.82, 2.24) is 19.5 Å². The number of aromatic nitrogens is 4. The van der Waals surface area contributed by atoms with Crippen LogP contribution in [0.25, 0.3) is 17.3 Å². The van der Waals surface area contributed by atoms with E-state index in [1.807, 2.05) is 6.07 Å². The maximum absolute atomic E-state index is 13.5. The molecule has 0 aliphatic carbocycles. The standard InChI is InChI=1S/C26H20FN7O/c1-16(2)22-25(35)32(3)21-15-30-26(31-24(21)34(22)20-6-4-5-17(13-20)14-28)33-12-11-29-23(33)18-7-9-19(27)10-8-18/h4-13,15,22H,1H2,2-3H3/t22-/m0/s1. The van der Waals surface area contributed by atoms with Crippen LogP contribution >= 0.6 is 0 Å². The molecule has 1 aliphatic heterocycles. The highest BCUT2D eigenvalue weighted by Gasteiger charge is 2.39. The highest BCUT2D eigenvalue weighted by atomic mass is 19.1. The quantitative estimate of drug-likeness (QED) is 0.415. The molecule has 1 amide bonds.